The van der Waals surface area contributed by atoms with E-state index >= 15 is 0 Å². The molecule has 1 aliphatic heterocycles. The van der Waals surface area contributed by atoms with E-state index in [1.54, 1.807) is 19.2 Å². The average Bonchev–Trinajstić information content (AvgIpc) is 3.03. The molecule has 0 spiro atoms. The van der Waals surface area contributed by atoms with Gasteiger partial charge in [0.15, 0.2) is 21.3 Å². The zero-order valence-electron chi connectivity index (χ0n) is 13.5. The van der Waals surface area contributed by atoms with Crippen molar-refractivity contribution in [3.8, 4) is 11.5 Å². The number of sulfone groups is 1. The van der Waals surface area contributed by atoms with Crippen LogP contribution in [0.3, 0.4) is 0 Å². The summed E-state index contributed by atoms with van der Waals surface area (Å²) in [5.41, 5.74) is -0.396. The molecule has 0 bridgehead atoms. The van der Waals surface area contributed by atoms with Crippen molar-refractivity contribution in [1.82, 2.24) is 0 Å². The molecule has 23 heavy (non-hydrogen) atoms. The minimum absolute atomic E-state index is 0.0222. The van der Waals surface area contributed by atoms with Gasteiger partial charge in [-0.2, -0.15) is 0 Å². The summed E-state index contributed by atoms with van der Waals surface area (Å²) in [6.07, 6.45) is 5.07. The van der Waals surface area contributed by atoms with Crippen LogP contribution in [-0.2, 0) is 15.4 Å². The van der Waals surface area contributed by atoms with Gasteiger partial charge in [-0.15, -0.1) is 0 Å². The lowest BCUT2D eigenvalue weighted by atomic mass is 9.88. The van der Waals surface area contributed by atoms with Gasteiger partial charge in [-0.05, 0) is 56.2 Å². The largest absolute Gasteiger partial charge is 0.493 e. The Hall–Kier alpha value is -1.27. The molecule has 1 aromatic rings. The molecule has 2 fully saturated rings. The van der Waals surface area contributed by atoms with E-state index in [2.05, 4.69) is 0 Å². The summed E-state index contributed by atoms with van der Waals surface area (Å²) in [4.78, 5) is 0. The molecule has 0 radical (unpaired) electrons. The lowest BCUT2D eigenvalue weighted by Crippen LogP contribution is -2.36. The van der Waals surface area contributed by atoms with Crippen LogP contribution in [0.4, 0.5) is 0 Å². The second-order valence-electron chi connectivity index (χ2n) is 6.57. The third-order valence-corrected chi connectivity index (χ3v) is 6.60. The van der Waals surface area contributed by atoms with Crippen molar-refractivity contribution in [2.75, 3.05) is 18.6 Å². The first-order chi connectivity index (χ1) is 10.9. The topological polar surface area (TPSA) is 72.8 Å². The van der Waals surface area contributed by atoms with Crippen LogP contribution in [0.5, 0.6) is 11.5 Å². The van der Waals surface area contributed by atoms with Crippen molar-refractivity contribution >= 4 is 9.84 Å². The lowest BCUT2D eigenvalue weighted by Gasteiger charge is -2.33. The second kappa shape index (κ2) is 6.32. The predicted molar refractivity (Wildman–Crippen MR) is 87.7 cm³/mol. The van der Waals surface area contributed by atoms with Crippen molar-refractivity contribution in [2.24, 2.45) is 0 Å². The Labute approximate surface area is 137 Å². The van der Waals surface area contributed by atoms with Crippen LogP contribution >= 0.6 is 0 Å². The first-order valence-corrected chi connectivity index (χ1v) is 10.0. The number of hydrogen-bond acceptors (Lipinski definition) is 5. The Morgan fingerprint density at radius 1 is 1.13 bits per heavy atom. The minimum atomic E-state index is -3.02. The summed E-state index contributed by atoms with van der Waals surface area (Å²) in [5.74, 6) is 1.33. The third-order valence-electron chi connectivity index (χ3n) is 4.95. The quantitative estimate of drug-likeness (QED) is 0.911. The average molecular weight is 340 g/mol. The molecule has 0 atom stereocenters. The van der Waals surface area contributed by atoms with Gasteiger partial charge in [0.05, 0.1) is 30.3 Å². The summed E-state index contributed by atoms with van der Waals surface area (Å²) in [5, 5.41) is 10.9. The smallest absolute Gasteiger partial charge is 0.161 e. The maximum Gasteiger partial charge on any atom is 0.161 e. The molecule has 1 aliphatic carbocycles. The van der Waals surface area contributed by atoms with E-state index in [0.29, 0.717) is 17.1 Å². The van der Waals surface area contributed by atoms with Gasteiger partial charge in [0.25, 0.3) is 0 Å². The molecule has 1 saturated heterocycles. The molecule has 3 rings (SSSR count). The van der Waals surface area contributed by atoms with E-state index < -0.39 is 15.4 Å². The summed E-state index contributed by atoms with van der Waals surface area (Å²) < 4.78 is 34.6. The van der Waals surface area contributed by atoms with Gasteiger partial charge >= 0.3 is 0 Å². The molecule has 0 aromatic heterocycles. The highest BCUT2D eigenvalue weighted by atomic mass is 32.2. The molecule has 1 aromatic carbocycles. The fourth-order valence-corrected chi connectivity index (χ4v) is 4.91. The molecule has 1 saturated carbocycles. The van der Waals surface area contributed by atoms with Crippen molar-refractivity contribution in [2.45, 2.75) is 50.2 Å². The highest BCUT2D eigenvalue weighted by molar-refractivity contribution is 7.91. The Morgan fingerprint density at radius 2 is 1.78 bits per heavy atom. The van der Waals surface area contributed by atoms with Crippen molar-refractivity contribution < 1.29 is 23.0 Å². The zero-order chi connectivity index (χ0) is 16.5. The molecule has 0 amide bonds. The number of hydrogen-bond donors (Lipinski definition) is 1. The SMILES string of the molecule is COc1ccc(C2(O)CCS(=O)(=O)CC2)cc1OC1CCCC1. The molecular formula is C17H24O5S. The van der Waals surface area contributed by atoms with Gasteiger partial charge in [0, 0.05) is 0 Å². The fraction of sp³-hybridized carbons (Fsp3) is 0.647. The van der Waals surface area contributed by atoms with Crippen LogP contribution in [0.15, 0.2) is 18.2 Å². The Kier molecular flexibility index (Phi) is 4.56. The minimum Gasteiger partial charge on any atom is -0.493 e. The Balaban J connectivity index is 1.85. The Morgan fingerprint density at radius 3 is 2.39 bits per heavy atom. The predicted octanol–water partition coefficient (Wildman–Crippen LogP) is 2.41. The van der Waals surface area contributed by atoms with E-state index in [1.807, 2.05) is 6.07 Å². The number of methoxy groups -OCH3 is 1. The highest BCUT2D eigenvalue weighted by Gasteiger charge is 2.37. The summed E-state index contributed by atoms with van der Waals surface area (Å²) in [6, 6.07) is 5.41. The first kappa shape index (κ1) is 16.6. The van der Waals surface area contributed by atoms with Gasteiger partial charge in [-0.3, -0.25) is 0 Å². The van der Waals surface area contributed by atoms with Crippen molar-refractivity contribution in [3.63, 3.8) is 0 Å². The van der Waals surface area contributed by atoms with E-state index in [9.17, 15) is 13.5 Å². The summed E-state index contributed by atoms with van der Waals surface area (Å²) in [7, 11) is -1.42. The van der Waals surface area contributed by atoms with Crippen LogP contribution in [0.1, 0.15) is 44.1 Å². The number of benzene rings is 1. The normalized spacial score (nSPS) is 23.6. The van der Waals surface area contributed by atoms with Gasteiger partial charge in [-0.1, -0.05) is 6.07 Å². The summed E-state index contributed by atoms with van der Waals surface area (Å²) >= 11 is 0. The van der Waals surface area contributed by atoms with E-state index in [-0.39, 0.29) is 30.5 Å². The van der Waals surface area contributed by atoms with Gasteiger partial charge in [-0.25, -0.2) is 8.42 Å². The van der Waals surface area contributed by atoms with Crippen LogP contribution in [0.25, 0.3) is 0 Å². The van der Waals surface area contributed by atoms with Crippen LogP contribution in [-0.4, -0.2) is 38.2 Å². The molecule has 128 valence electrons. The van der Waals surface area contributed by atoms with Crippen LogP contribution in [0.2, 0.25) is 0 Å². The van der Waals surface area contributed by atoms with Crippen molar-refractivity contribution in [3.05, 3.63) is 23.8 Å². The maximum absolute atomic E-state index is 11.6. The molecule has 6 heteroatoms. The standard InChI is InChI=1S/C17H24O5S/c1-21-15-7-6-13(12-16(15)22-14-4-2-3-5-14)17(18)8-10-23(19,20)11-9-17/h6-7,12,14,18H,2-5,8-11H2,1H3. The van der Waals surface area contributed by atoms with Gasteiger partial charge < -0.3 is 14.6 Å². The van der Waals surface area contributed by atoms with Gasteiger partial charge in [0.1, 0.15) is 0 Å². The molecule has 5 nitrogen and oxygen atoms in total. The molecule has 0 unspecified atom stereocenters. The fourth-order valence-electron chi connectivity index (χ4n) is 3.41. The molecule has 2 aliphatic rings. The van der Waals surface area contributed by atoms with E-state index in [1.165, 1.54) is 12.8 Å². The molecule has 1 heterocycles. The zero-order valence-corrected chi connectivity index (χ0v) is 14.3. The van der Waals surface area contributed by atoms with Crippen LogP contribution in [0, 0.1) is 0 Å². The number of aliphatic hydroxyl groups is 1. The third kappa shape index (κ3) is 3.63. The highest BCUT2D eigenvalue weighted by Crippen LogP contribution is 2.39. The Bertz CT molecular complexity index is 648. The van der Waals surface area contributed by atoms with Crippen molar-refractivity contribution in [1.29, 1.82) is 0 Å². The second-order valence-corrected chi connectivity index (χ2v) is 8.88. The molecule has 1 N–H and O–H groups in total. The van der Waals surface area contributed by atoms with E-state index in [4.69, 9.17) is 9.47 Å². The number of rotatable bonds is 4. The van der Waals surface area contributed by atoms with E-state index in [0.717, 1.165) is 12.8 Å². The maximum atomic E-state index is 11.6. The molecular weight excluding hydrogens is 316 g/mol. The summed E-state index contributed by atoms with van der Waals surface area (Å²) in [6.45, 7) is 0. The first-order valence-electron chi connectivity index (χ1n) is 8.20. The lowest BCUT2D eigenvalue weighted by molar-refractivity contribution is 0.0259. The monoisotopic (exact) mass is 340 g/mol. The van der Waals surface area contributed by atoms with Gasteiger partial charge in [0.2, 0.25) is 0 Å². The van der Waals surface area contributed by atoms with Crippen LogP contribution < -0.4 is 9.47 Å². The number of ether oxygens (including phenoxy) is 2.